The van der Waals surface area contributed by atoms with Crippen molar-refractivity contribution in [1.29, 1.82) is 0 Å². The average Bonchev–Trinajstić information content (AvgIpc) is 3.07. The summed E-state index contributed by atoms with van der Waals surface area (Å²) in [5.41, 5.74) is 2.63. The monoisotopic (exact) mass is 645 g/mol. The zero-order valence-corrected chi connectivity index (χ0v) is 27.2. The fourth-order valence-corrected chi connectivity index (χ4v) is 6.38. The normalized spacial score (nSPS) is 11.8. The molecule has 4 aromatic rings. The molecule has 0 fully saturated rings. The van der Waals surface area contributed by atoms with Crippen molar-refractivity contribution in [1.82, 2.24) is 10.2 Å². The number of amides is 2. The molecule has 4 rings (SSSR count). The molecule has 1 N–H and O–H groups in total. The zero-order valence-electron chi connectivity index (χ0n) is 26.4. The lowest BCUT2D eigenvalue weighted by molar-refractivity contribution is -0.140. The second-order valence-electron chi connectivity index (χ2n) is 11.0. The molecule has 1 atom stereocenters. The number of aryl methyl sites for hydroxylation is 1. The molecule has 2 amide bonds. The number of sulfonamides is 1. The highest BCUT2D eigenvalue weighted by Crippen LogP contribution is 2.27. The maximum Gasteiger partial charge on any atom is 0.264 e. The fourth-order valence-electron chi connectivity index (χ4n) is 4.96. The molecular formula is C36H40FN3O5S. The molecule has 0 aliphatic carbocycles. The molecule has 0 spiro atoms. The van der Waals surface area contributed by atoms with Crippen LogP contribution in [0.25, 0.3) is 0 Å². The van der Waals surface area contributed by atoms with Gasteiger partial charge in [0.25, 0.3) is 10.0 Å². The third-order valence-corrected chi connectivity index (χ3v) is 9.40. The van der Waals surface area contributed by atoms with E-state index in [2.05, 4.69) is 5.32 Å². The Labute approximate surface area is 270 Å². The Bertz CT molecular complexity index is 1680. The Kier molecular flexibility index (Phi) is 11.9. The fraction of sp³-hybridized carbons (Fsp3) is 0.278. The first-order valence-corrected chi connectivity index (χ1v) is 16.7. The number of unbranched alkanes of at least 4 members (excludes halogenated alkanes) is 1. The lowest BCUT2D eigenvalue weighted by Crippen LogP contribution is -2.53. The number of rotatable bonds is 15. The molecule has 0 saturated carbocycles. The van der Waals surface area contributed by atoms with Crippen molar-refractivity contribution in [2.45, 2.75) is 50.6 Å². The number of ether oxygens (including phenoxy) is 1. The second-order valence-corrected chi connectivity index (χ2v) is 12.9. The van der Waals surface area contributed by atoms with Crippen LogP contribution in [0.2, 0.25) is 0 Å². The number of hydrogen-bond acceptors (Lipinski definition) is 5. The minimum absolute atomic E-state index is 0.0232. The number of nitrogens with zero attached hydrogens (tertiary/aromatic N) is 2. The molecule has 8 nitrogen and oxygen atoms in total. The van der Waals surface area contributed by atoms with Crippen molar-refractivity contribution < 1.29 is 27.1 Å². The molecule has 10 heteroatoms. The standard InChI is InChI=1S/C36H40FN3O5S/c1-4-5-23-38-36(42)34(24-28-9-7-6-8-10-28)39(25-29-13-15-30(37)16-14-29)35(41)26-40(31-17-11-27(2)12-18-31)46(43,44)33-21-19-32(45-3)20-22-33/h6-22,34H,4-5,23-26H2,1-3H3,(H,38,42). The van der Waals surface area contributed by atoms with Crippen LogP contribution in [0.4, 0.5) is 10.1 Å². The first-order chi connectivity index (χ1) is 22.1. The van der Waals surface area contributed by atoms with E-state index in [4.69, 9.17) is 4.74 Å². The van der Waals surface area contributed by atoms with Gasteiger partial charge in [0.05, 0.1) is 17.7 Å². The third-order valence-electron chi connectivity index (χ3n) is 7.62. The van der Waals surface area contributed by atoms with E-state index < -0.39 is 34.3 Å². The number of benzene rings is 4. The quantitative estimate of drug-likeness (QED) is 0.163. The van der Waals surface area contributed by atoms with Crippen LogP contribution < -0.4 is 14.4 Å². The summed E-state index contributed by atoms with van der Waals surface area (Å²) in [6.07, 6.45) is 1.83. The summed E-state index contributed by atoms with van der Waals surface area (Å²) < 4.78 is 48.4. The lowest BCUT2D eigenvalue weighted by Gasteiger charge is -2.34. The number of methoxy groups -OCH3 is 1. The van der Waals surface area contributed by atoms with E-state index in [9.17, 15) is 22.4 Å². The number of nitrogens with one attached hydrogen (secondary N) is 1. The van der Waals surface area contributed by atoms with Crippen LogP contribution >= 0.6 is 0 Å². The number of anilines is 1. The molecule has 0 heterocycles. The van der Waals surface area contributed by atoms with Crippen LogP contribution in [0.5, 0.6) is 5.75 Å². The van der Waals surface area contributed by atoms with Gasteiger partial charge in [-0.3, -0.25) is 13.9 Å². The molecule has 46 heavy (non-hydrogen) atoms. The van der Waals surface area contributed by atoms with Gasteiger partial charge in [0.2, 0.25) is 11.8 Å². The van der Waals surface area contributed by atoms with Gasteiger partial charge in [0.15, 0.2) is 0 Å². The van der Waals surface area contributed by atoms with Crippen molar-refractivity contribution in [3.63, 3.8) is 0 Å². The maximum atomic E-state index is 14.5. The summed E-state index contributed by atoms with van der Waals surface area (Å²) >= 11 is 0. The van der Waals surface area contributed by atoms with Crippen LogP contribution in [-0.2, 0) is 32.6 Å². The first-order valence-electron chi connectivity index (χ1n) is 15.2. The molecule has 4 aromatic carbocycles. The average molecular weight is 646 g/mol. The Morgan fingerprint density at radius 3 is 2.13 bits per heavy atom. The summed E-state index contributed by atoms with van der Waals surface area (Å²) in [5.74, 6) is -0.891. The zero-order chi connectivity index (χ0) is 33.1. The first kappa shape index (κ1) is 34.2. The lowest BCUT2D eigenvalue weighted by atomic mass is 10.0. The van der Waals surface area contributed by atoms with Gasteiger partial charge in [-0.2, -0.15) is 0 Å². The summed E-state index contributed by atoms with van der Waals surface area (Å²) in [7, 11) is -2.75. The van der Waals surface area contributed by atoms with Gasteiger partial charge in [-0.15, -0.1) is 0 Å². The van der Waals surface area contributed by atoms with Crippen LogP contribution in [-0.4, -0.2) is 51.4 Å². The molecule has 242 valence electrons. The van der Waals surface area contributed by atoms with Crippen molar-refractivity contribution in [2.24, 2.45) is 0 Å². The topological polar surface area (TPSA) is 96.0 Å². The van der Waals surface area contributed by atoms with Crippen LogP contribution in [0.3, 0.4) is 0 Å². The summed E-state index contributed by atoms with van der Waals surface area (Å²) in [5, 5.41) is 2.96. The highest BCUT2D eigenvalue weighted by atomic mass is 32.2. The van der Waals surface area contributed by atoms with Crippen LogP contribution in [0.15, 0.2) is 108 Å². The number of halogens is 1. The largest absolute Gasteiger partial charge is 0.497 e. The third kappa shape index (κ3) is 8.94. The molecule has 0 bridgehead atoms. The number of carbonyl (C=O) groups is 2. The van der Waals surface area contributed by atoms with Gasteiger partial charge < -0.3 is 15.0 Å². The van der Waals surface area contributed by atoms with Crippen LogP contribution in [0, 0.1) is 12.7 Å². The molecular weight excluding hydrogens is 605 g/mol. The molecule has 0 radical (unpaired) electrons. The molecule has 0 aliphatic rings. The molecule has 0 aromatic heterocycles. The molecule has 1 unspecified atom stereocenters. The Hall–Kier alpha value is -4.70. The Morgan fingerprint density at radius 1 is 0.870 bits per heavy atom. The number of carbonyl (C=O) groups excluding carboxylic acids is 2. The van der Waals surface area contributed by atoms with Gasteiger partial charge in [0.1, 0.15) is 24.2 Å². The summed E-state index contributed by atoms with van der Waals surface area (Å²) in [6.45, 7) is 3.71. The highest BCUT2D eigenvalue weighted by Gasteiger charge is 2.34. The Morgan fingerprint density at radius 2 is 1.52 bits per heavy atom. The van der Waals surface area contributed by atoms with Gasteiger partial charge in [-0.25, -0.2) is 12.8 Å². The maximum absolute atomic E-state index is 14.5. The van der Waals surface area contributed by atoms with Crippen molar-refractivity contribution in [2.75, 3.05) is 24.5 Å². The van der Waals surface area contributed by atoms with E-state index >= 15 is 0 Å². The Balaban J connectivity index is 1.78. The minimum atomic E-state index is -4.24. The van der Waals surface area contributed by atoms with E-state index in [1.165, 1.54) is 36.3 Å². The van der Waals surface area contributed by atoms with Gasteiger partial charge >= 0.3 is 0 Å². The highest BCUT2D eigenvalue weighted by molar-refractivity contribution is 7.92. The van der Waals surface area contributed by atoms with E-state index in [0.717, 1.165) is 28.3 Å². The smallest absolute Gasteiger partial charge is 0.264 e. The second kappa shape index (κ2) is 16.0. The van der Waals surface area contributed by atoms with Crippen molar-refractivity contribution in [3.8, 4) is 5.75 Å². The van der Waals surface area contributed by atoms with Gasteiger partial charge in [0, 0.05) is 19.5 Å². The van der Waals surface area contributed by atoms with Crippen molar-refractivity contribution >= 4 is 27.5 Å². The van der Waals surface area contributed by atoms with E-state index in [-0.39, 0.29) is 23.8 Å². The van der Waals surface area contributed by atoms with Gasteiger partial charge in [-0.1, -0.05) is 73.5 Å². The van der Waals surface area contributed by atoms with Gasteiger partial charge in [-0.05, 0) is 73.0 Å². The van der Waals surface area contributed by atoms with E-state index in [1.807, 2.05) is 44.2 Å². The predicted molar refractivity (Wildman–Crippen MR) is 178 cm³/mol. The van der Waals surface area contributed by atoms with E-state index in [1.54, 1.807) is 48.5 Å². The summed E-state index contributed by atoms with van der Waals surface area (Å²) in [6, 6.07) is 26.8. The van der Waals surface area contributed by atoms with Crippen molar-refractivity contribution in [3.05, 3.63) is 126 Å². The molecule has 0 aliphatic heterocycles. The van der Waals surface area contributed by atoms with E-state index in [0.29, 0.717) is 23.5 Å². The summed E-state index contributed by atoms with van der Waals surface area (Å²) in [4.78, 5) is 29.6. The van der Waals surface area contributed by atoms with Crippen LogP contribution in [0.1, 0.15) is 36.5 Å². The number of hydrogen-bond donors (Lipinski definition) is 1. The molecule has 0 saturated heterocycles. The minimum Gasteiger partial charge on any atom is -0.497 e. The predicted octanol–water partition coefficient (Wildman–Crippen LogP) is 5.89. The SMILES string of the molecule is CCCCNC(=O)C(Cc1ccccc1)N(Cc1ccc(F)cc1)C(=O)CN(c1ccc(C)cc1)S(=O)(=O)c1ccc(OC)cc1.